The van der Waals surface area contributed by atoms with Crippen LogP contribution in [0, 0.1) is 0 Å². The Balaban J connectivity index is 1.53. The summed E-state index contributed by atoms with van der Waals surface area (Å²) in [6.07, 6.45) is 3.61. The summed E-state index contributed by atoms with van der Waals surface area (Å²) in [7, 11) is 1.92. The van der Waals surface area contributed by atoms with Crippen molar-refractivity contribution in [3.8, 4) is 10.6 Å². The zero-order valence-corrected chi connectivity index (χ0v) is 14.0. The van der Waals surface area contributed by atoms with Gasteiger partial charge in [0.2, 0.25) is 0 Å². The van der Waals surface area contributed by atoms with Gasteiger partial charge in [0, 0.05) is 63.5 Å². The fraction of sp³-hybridized carbons (Fsp3) is 0.600. The summed E-state index contributed by atoms with van der Waals surface area (Å²) in [4.78, 5) is 9.48. The summed E-state index contributed by atoms with van der Waals surface area (Å²) >= 11 is 1.68. The van der Waals surface area contributed by atoms with Gasteiger partial charge >= 0.3 is 0 Å². The van der Waals surface area contributed by atoms with E-state index in [4.69, 9.17) is 4.98 Å². The Morgan fingerprint density at radius 2 is 2.00 bits per heavy atom. The summed E-state index contributed by atoms with van der Waals surface area (Å²) in [5.74, 6) is 0. The fourth-order valence-corrected chi connectivity index (χ4v) is 3.56. The van der Waals surface area contributed by atoms with E-state index in [0.717, 1.165) is 55.5 Å². The van der Waals surface area contributed by atoms with Crippen molar-refractivity contribution in [2.24, 2.45) is 7.05 Å². The first kappa shape index (κ1) is 15.6. The molecule has 0 aliphatic carbocycles. The van der Waals surface area contributed by atoms with Gasteiger partial charge in [-0.05, 0) is 6.92 Å². The number of aliphatic hydroxyl groups is 1. The van der Waals surface area contributed by atoms with Gasteiger partial charge in [0.05, 0.1) is 18.0 Å². The van der Waals surface area contributed by atoms with Gasteiger partial charge in [-0.2, -0.15) is 5.10 Å². The average Bonchev–Trinajstić information content (AvgIpc) is 3.09. The molecule has 1 aliphatic heterocycles. The van der Waals surface area contributed by atoms with E-state index in [9.17, 15) is 5.11 Å². The minimum absolute atomic E-state index is 0.243. The van der Waals surface area contributed by atoms with Gasteiger partial charge in [-0.1, -0.05) is 0 Å². The van der Waals surface area contributed by atoms with Crippen LogP contribution in [0.1, 0.15) is 12.6 Å². The molecule has 0 bridgehead atoms. The van der Waals surface area contributed by atoms with Crippen LogP contribution in [-0.4, -0.2) is 68.5 Å². The highest BCUT2D eigenvalue weighted by Gasteiger charge is 2.19. The highest BCUT2D eigenvalue weighted by Crippen LogP contribution is 2.23. The third-order valence-electron chi connectivity index (χ3n) is 3.88. The highest BCUT2D eigenvalue weighted by molar-refractivity contribution is 7.13. The number of thiazole rings is 1. The Kier molecular flexibility index (Phi) is 4.87. The average molecular weight is 321 g/mol. The molecule has 2 aromatic heterocycles. The van der Waals surface area contributed by atoms with E-state index in [2.05, 4.69) is 20.3 Å². The second-order valence-electron chi connectivity index (χ2n) is 5.97. The minimum atomic E-state index is -0.243. The molecule has 1 atom stereocenters. The lowest BCUT2D eigenvalue weighted by atomic mass is 10.2. The molecule has 6 nitrogen and oxygen atoms in total. The van der Waals surface area contributed by atoms with Crippen LogP contribution in [-0.2, 0) is 13.6 Å². The van der Waals surface area contributed by atoms with Crippen LogP contribution < -0.4 is 0 Å². The molecule has 0 unspecified atom stereocenters. The van der Waals surface area contributed by atoms with E-state index in [1.54, 1.807) is 16.0 Å². The first-order chi connectivity index (χ1) is 10.6. The Morgan fingerprint density at radius 1 is 1.27 bits per heavy atom. The number of β-amino-alcohol motifs (C(OH)–C–C–N with tert-alkyl or cyclic N) is 1. The maximum absolute atomic E-state index is 9.45. The van der Waals surface area contributed by atoms with Crippen LogP contribution in [0.4, 0.5) is 0 Å². The third-order valence-corrected chi connectivity index (χ3v) is 4.82. The van der Waals surface area contributed by atoms with Gasteiger partial charge in [-0.25, -0.2) is 4.98 Å². The smallest absolute Gasteiger partial charge is 0.126 e. The van der Waals surface area contributed by atoms with Crippen LogP contribution >= 0.6 is 11.3 Å². The number of hydrogen-bond acceptors (Lipinski definition) is 6. The number of aryl methyl sites for hydroxylation is 1. The van der Waals surface area contributed by atoms with E-state index in [-0.39, 0.29) is 6.10 Å². The summed E-state index contributed by atoms with van der Waals surface area (Å²) < 4.78 is 1.80. The van der Waals surface area contributed by atoms with E-state index in [0.29, 0.717) is 0 Å². The molecule has 1 N–H and O–H groups in total. The van der Waals surface area contributed by atoms with Crippen molar-refractivity contribution in [2.75, 3.05) is 32.7 Å². The molecule has 0 amide bonds. The van der Waals surface area contributed by atoms with Gasteiger partial charge in [0.25, 0.3) is 0 Å². The second kappa shape index (κ2) is 6.87. The first-order valence-electron chi connectivity index (χ1n) is 7.66. The summed E-state index contributed by atoms with van der Waals surface area (Å²) in [5, 5.41) is 16.8. The van der Waals surface area contributed by atoms with Gasteiger partial charge < -0.3 is 5.11 Å². The van der Waals surface area contributed by atoms with E-state index in [1.807, 2.05) is 26.4 Å². The number of rotatable bonds is 5. The van der Waals surface area contributed by atoms with Crippen molar-refractivity contribution in [3.63, 3.8) is 0 Å². The van der Waals surface area contributed by atoms with Gasteiger partial charge in [0.1, 0.15) is 5.01 Å². The van der Waals surface area contributed by atoms with Crippen LogP contribution in [0.15, 0.2) is 17.8 Å². The first-order valence-corrected chi connectivity index (χ1v) is 8.54. The summed E-state index contributed by atoms with van der Waals surface area (Å²) in [6, 6.07) is 0. The van der Waals surface area contributed by atoms with Crippen molar-refractivity contribution in [3.05, 3.63) is 23.5 Å². The van der Waals surface area contributed by atoms with Gasteiger partial charge in [-0.15, -0.1) is 11.3 Å². The normalized spacial score (nSPS) is 18.7. The van der Waals surface area contributed by atoms with E-state index in [1.165, 1.54) is 0 Å². The largest absolute Gasteiger partial charge is 0.392 e. The molecule has 0 aromatic carbocycles. The molecular weight excluding hydrogens is 298 g/mol. The molecule has 0 radical (unpaired) electrons. The number of aromatic nitrogens is 3. The second-order valence-corrected chi connectivity index (χ2v) is 6.83. The molecule has 0 saturated carbocycles. The lowest BCUT2D eigenvalue weighted by Crippen LogP contribution is -2.47. The molecule has 0 spiro atoms. The zero-order valence-electron chi connectivity index (χ0n) is 13.1. The van der Waals surface area contributed by atoms with Crippen molar-refractivity contribution in [1.82, 2.24) is 24.6 Å². The topological polar surface area (TPSA) is 57.4 Å². The van der Waals surface area contributed by atoms with Gasteiger partial charge in [0.15, 0.2) is 0 Å². The van der Waals surface area contributed by atoms with Crippen LogP contribution in [0.2, 0.25) is 0 Å². The SMILES string of the molecule is C[C@@H](O)CN1CCN(Cc2csc(-c3cnn(C)c3)n2)CC1. The molecule has 3 rings (SSSR count). The monoisotopic (exact) mass is 321 g/mol. The molecule has 7 heteroatoms. The van der Waals surface area contributed by atoms with Crippen LogP contribution in [0.25, 0.3) is 10.6 Å². The number of piperazine rings is 1. The summed E-state index contributed by atoms with van der Waals surface area (Å²) in [5.41, 5.74) is 2.22. The molecular formula is C15H23N5OS. The molecule has 2 aromatic rings. The van der Waals surface area contributed by atoms with Crippen molar-refractivity contribution >= 4 is 11.3 Å². The van der Waals surface area contributed by atoms with Crippen LogP contribution in [0.3, 0.4) is 0 Å². The Bertz CT molecular complexity index is 601. The molecule has 1 aliphatic rings. The maximum atomic E-state index is 9.45. The third kappa shape index (κ3) is 3.92. The molecule has 1 fully saturated rings. The maximum Gasteiger partial charge on any atom is 0.126 e. The predicted molar refractivity (Wildman–Crippen MR) is 87.7 cm³/mol. The number of nitrogens with zero attached hydrogens (tertiary/aromatic N) is 5. The lowest BCUT2D eigenvalue weighted by molar-refractivity contribution is 0.0777. The minimum Gasteiger partial charge on any atom is -0.392 e. The zero-order chi connectivity index (χ0) is 15.5. The van der Waals surface area contributed by atoms with E-state index >= 15 is 0 Å². The predicted octanol–water partition coefficient (Wildman–Crippen LogP) is 1.04. The molecule has 3 heterocycles. The molecule has 120 valence electrons. The van der Waals surface area contributed by atoms with Crippen molar-refractivity contribution in [2.45, 2.75) is 19.6 Å². The van der Waals surface area contributed by atoms with E-state index < -0.39 is 0 Å². The Labute approximate surface area is 135 Å². The summed E-state index contributed by atoms with van der Waals surface area (Å²) in [6.45, 7) is 7.63. The number of hydrogen-bond donors (Lipinski definition) is 1. The van der Waals surface area contributed by atoms with Gasteiger partial charge in [-0.3, -0.25) is 14.5 Å². The molecule has 1 saturated heterocycles. The lowest BCUT2D eigenvalue weighted by Gasteiger charge is -2.34. The fourth-order valence-electron chi connectivity index (χ4n) is 2.78. The standard InChI is InChI=1S/C15H23N5OS/c1-12(21)8-19-3-5-20(6-4-19)10-14-11-22-15(17-14)13-7-16-18(2)9-13/h7,9,11-12,21H,3-6,8,10H2,1-2H3/t12-/m1/s1. The molecule has 22 heavy (non-hydrogen) atoms. The Hall–Kier alpha value is -1.28. The quantitative estimate of drug-likeness (QED) is 0.892. The Morgan fingerprint density at radius 3 is 2.64 bits per heavy atom. The highest BCUT2D eigenvalue weighted by atomic mass is 32.1. The van der Waals surface area contributed by atoms with Crippen LogP contribution in [0.5, 0.6) is 0 Å². The number of aliphatic hydroxyl groups excluding tert-OH is 1. The van der Waals surface area contributed by atoms with Crippen molar-refractivity contribution < 1.29 is 5.11 Å². The van der Waals surface area contributed by atoms with Crippen molar-refractivity contribution in [1.29, 1.82) is 0 Å².